The predicted octanol–water partition coefficient (Wildman–Crippen LogP) is 4.02. The van der Waals surface area contributed by atoms with Crippen molar-refractivity contribution in [3.8, 4) is 5.75 Å². The topological polar surface area (TPSA) is 58.6 Å². The molecule has 2 amide bonds. The molecule has 0 bridgehead atoms. The number of carbonyl (C=O) groups is 2. The number of alkyl halides is 3. The van der Waals surface area contributed by atoms with Gasteiger partial charge in [-0.1, -0.05) is 19.9 Å². The van der Waals surface area contributed by atoms with E-state index in [-0.39, 0.29) is 37.1 Å². The minimum absolute atomic E-state index is 0.0596. The molecule has 0 aromatic heterocycles. The van der Waals surface area contributed by atoms with Gasteiger partial charge >= 0.3 is 6.18 Å². The van der Waals surface area contributed by atoms with Gasteiger partial charge in [0.25, 0.3) is 0 Å². The van der Waals surface area contributed by atoms with Crippen LogP contribution in [0.2, 0.25) is 0 Å². The van der Waals surface area contributed by atoms with Crippen LogP contribution in [-0.4, -0.2) is 43.0 Å². The Hall–Kier alpha value is -2.25. The van der Waals surface area contributed by atoms with Crippen molar-refractivity contribution in [2.24, 2.45) is 0 Å². The van der Waals surface area contributed by atoms with Crippen molar-refractivity contribution in [3.63, 3.8) is 0 Å². The molecule has 28 heavy (non-hydrogen) atoms. The van der Waals surface area contributed by atoms with Gasteiger partial charge in [-0.25, -0.2) is 0 Å². The molecule has 0 radical (unpaired) electrons. The third kappa shape index (κ3) is 9.10. The lowest BCUT2D eigenvalue weighted by molar-refractivity contribution is -0.137. The van der Waals surface area contributed by atoms with Crippen molar-refractivity contribution >= 4 is 11.8 Å². The van der Waals surface area contributed by atoms with E-state index in [4.69, 9.17) is 4.74 Å². The van der Waals surface area contributed by atoms with Crippen LogP contribution in [0.4, 0.5) is 13.2 Å². The van der Waals surface area contributed by atoms with Gasteiger partial charge in [0.2, 0.25) is 11.8 Å². The second kappa shape index (κ2) is 12.3. The van der Waals surface area contributed by atoms with Gasteiger partial charge < -0.3 is 15.0 Å². The van der Waals surface area contributed by atoms with Gasteiger partial charge in [0.1, 0.15) is 12.4 Å². The van der Waals surface area contributed by atoms with Gasteiger partial charge in [-0.05, 0) is 37.5 Å². The Kier molecular flexibility index (Phi) is 10.4. The Morgan fingerprint density at radius 3 is 2.39 bits per heavy atom. The number of ether oxygens (including phenoxy) is 1. The molecule has 0 saturated carbocycles. The lowest BCUT2D eigenvalue weighted by Crippen LogP contribution is -2.33. The summed E-state index contributed by atoms with van der Waals surface area (Å²) in [7, 11) is 0. The van der Waals surface area contributed by atoms with E-state index < -0.39 is 11.7 Å². The average molecular weight is 402 g/mol. The summed E-state index contributed by atoms with van der Waals surface area (Å²) in [5.74, 6) is -0.0519. The van der Waals surface area contributed by atoms with Gasteiger partial charge in [-0.3, -0.25) is 9.59 Å². The minimum Gasteiger partial charge on any atom is -0.492 e. The van der Waals surface area contributed by atoms with Crippen LogP contribution in [0.25, 0.3) is 0 Å². The van der Waals surface area contributed by atoms with E-state index in [1.54, 1.807) is 0 Å². The van der Waals surface area contributed by atoms with Crippen molar-refractivity contribution < 1.29 is 27.5 Å². The van der Waals surface area contributed by atoms with Crippen LogP contribution in [0, 0.1) is 0 Å². The summed E-state index contributed by atoms with van der Waals surface area (Å²) in [6.07, 6.45) is -1.61. The van der Waals surface area contributed by atoms with E-state index in [2.05, 4.69) is 5.32 Å². The number of amides is 2. The van der Waals surface area contributed by atoms with Crippen molar-refractivity contribution in [3.05, 3.63) is 29.8 Å². The molecule has 0 aliphatic carbocycles. The van der Waals surface area contributed by atoms with Gasteiger partial charge in [-0.15, -0.1) is 0 Å². The van der Waals surface area contributed by atoms with Crippen LogP contribution in [0.5, 0.6) is 5.75 Å². The molecule has 1 aromatic rings. The first kappa shape index (κ1) is 23.8. The first-order chi connectivity index (χ1) is 13.3. The van der Waals surface area contributed by atoms with Crippen molar-refractivity contribution in [1.82, 2.24) is 10.2 Å². The summed E-state index contributed by atoms with van der Waals surface area (Å²) in [5.41, 5.74) is -0.779. The molecule has 1 aromatic carbocycles. The van der Waals surface area contributed by atoms with Crippen LogP contribution in [0.3, 0.4) is 0 Å². The summed E-state index contributed by atoms with van der Waals surface area (Å²) < 4.78 is 43.1. The molecule has 0 spiro atoms. The first-order valence-electron chi connectivity index (χ1n) is 9.62. The molecule has 1 N–H and O–H groups in total. The second-order valence-corrected chi connectivity index (χ2v) is 6.46. The molecule has 0 saturated heterocycles. The van der Waals surface area contributed by atoms with Crippen LogP contribution in [-0.2, 0) is 15.8 Å². The zero-order chi connectivity index (χ0) is 21.0. The molecule has 0 unspecified atom stereocenters. The number of nitrogens with zero attached hydrogens (tertiary/aromatic N) is 1. The predicted molar refractivity (Wildman–Crippen MR) is 101 cm³/mol. The van der Waals surface area contributed by atoms with Crippen molar-refractivity contribution in [2.45, 2.75) is 52.1 Å². The maximum Gasteiger partial charge on any atom is 0.416 e. The highest BCUT2D eigenvalue weighted by molar-refractivity contribution is 5.78. The van der Waals surface area contributed by atoms with E-state index in [1.165, 1.54) is 12.1 Å². The highest BCUT2D eigenvalue weighted by Crippen LogP contribution is 2.31. The number of halogens is 3. The third-order valence-electron chi connectivity index (χ3n) is 3.99. The van der Waals surface area contributed by atoms with Gasteiger partial charge in [0.15, 0.2) is 0 Å². The summed E-state index contributed by atoms with van der Waals surface area (Å²) in [4.78, 5) is 25.7. The van der Waals surface area contributed by atoms with Crippen LogP contribution < -0.4 is 10.1 Å². The molecule has 0 aliphatic heterocycles. The fraction of sp³-hybridized carbons (Fsp3) is 0.600. The highest BCUT2D eigenvalue weighted by atomic mass is 19.4. The average Bonchev–Trinajstić information content (AvgIpc) is 2.64. The standard InChI is InChI=1S/C20H29F3N2O3/c1-3-12-25(13-4-2)19(27)10-6-9-18(26)24-11-14-28-17-8-5-7-16(15-17)20(21,22)23/h5,7-8,15H,3-4,6,9-14H2,1-2H3,(H,24,26). The molecule has 8 heteroatoms. The first-order valence-corrected chi connectivity index (χ1v) is 9.62. The molecule has 5 nitrogen and oxygen atoms in total. The molecule has 158 valence electrons. The lowest BCUT2D eigenvalue weighted by Gasteiger charge is -2.21. The maximum absolute atomic E-state index is 12.6. The molecule has 0 atom stereocenters. The summed E-state index contributed by atoms with van der Waals surface area (Å²) in [6.45, 7) is 5.74. The smallest absolute Gasteiger partial charge is 0.416 e. The fourth-order valence-corrected chi connectivity index (χ4v) is 2.67. The van der Waals surface area contributed by atoms with Crippen molar-refractivity contribution in [1.29, 1.82) is 0 Å². The Labute approximate surface area is 164 Å². The van der Waals surface area contributed by atoms with Crippen LogP contribution >= 0.6 is 0 Å². The van der Waals surface area contributed by atoms with Crippen molar-refractivity contribution in [2.75, 3.05) is 26.2 Å². The number of hydrogen-bond donors (Lipinski definition) is 1. The molecular weight excluding hydrogens is 373 g/mol. The van der Waals surface area contributed by atoms with Crippen LogP contribution in [0.15, 0.2) is 24.3 Å². The highest BCUT2D eigenvalue weighted by Gasteiger charge is 2.30. The Morgan fingerprint density at radius 2 is 1.79 bits per heavy atom. The van der Waals surface area contributed by atoms with Gasteiger partial charge in [0, 0.05) is 25.9 Å². The number of benzene rings is 1. The largest absolute Gasteiger partial charge is 0.492 e. The summed E-state index contributed by atoms with van der Waals surface area (Å²) >= 11 is 0. The second-order valence-electron chi connectivity index (χ2n) is 6.46. The number of rotatable bonds is 12. The number of hydrogen-bond acceptors (Lipinski definition) is 3. The Bertz CT molecular complexity index is 615. The SMILES string of the molecule is CCCN(CCC)C(=O)CCCC(=O)NCCOc1cccc(C(F)(F)F)c1. The molecule has 1 rings (SSSR count). The summed E-state index contributed by atoms with van der Waals surface area (Å²) in [6, 6.07) is 4.60. The Balaban J connectivity index is 2.24. The van der Waals surface area contributed by atoms with E-state index >= 15 is 0 Å². The Morgan fingerprint density at radius 1 is 1.11 bits per heavy atom. The molecule has 0 heterocycles. The normalized spacial score (nSPS) is 11.2. The lowest BCUT2D eigenvalue weighted by atomic mass is 10.2. The molecular formula is C20H29F3N2O3. The maximum atomic E-state index is 12.6. The minimum atomic E-state index is -4.42. The van der Waals surface area contributed by atoms with E-state index in [9.17, 15) is 22.8 Å². The van der Waals surface area contributed by atoms with Gasteiger partial charge in [0.05, 0.1) is 12.1 Å². The molecule has 0 aliphatic rings. The van der Waals surface area contributed by atoms with E-state index in [0.29, 0.717) is 12.8 Å². The third-order valence-corrected chi connectivity index (χ3v) is 3.99. The zero-order valence-corrected chi connectivity index (χ0v) is 16.5. The summed E-state index contributed by atoms with van der Waals surface area (Å²) in [5, 5.41) is 2.64. The molecule has 0 fully saturated rings. The number of carbonyl (C=O) groups excluding carboxylic acids is 2. The van der Waals surface area contributed by atoms with Gasteiger partial charge in [-0.2, -0.15) is 13.2 Å². The monoisotopic (exact) mass is 402 g/mol. The van der Waals surface area contributed by atoms with E-state index in [1.807, 2.05) is 18.7 Å². The van der Waals surface area contributed by atoms with E-state index in [0.717, 1.165) is 38.1 Å². The fourth-order valence-electron chi connectivity index (χ4n) is 2.67. The zero-order valence-electron chi connectivity index (χ0n) is 16.5. The quantitative estimate of drug-likeness (QED) is 0.537. The van der Waals surface area contributed by atoms with Crippen LogP contribution in [0.1, 0.15) is 51.5 Å². The number of nitrogens with one attached hydrogen (secondary N) is 1.